The number of hydrogen-bond donors (Lipinski definition) is 3. The number of imidazole rings is 1. The van der Waals surface area contributed by atoms with Gasteiger partial charge in [-0.05, 0) is 74.8 Å². The number of aromatic amines is 1. The largest absolute Gasteiger partial charge is 0.494 e. The Morgan fingerprint density at radius 2 is 1.69 bits per heavy atom. The normalized spacial score (nSPS) is 21.0. The Morgan fingerprint density at radius 3 is 2.44 bits per heavy atom. The number of carboxylic acid groups (broad SMARTS) is 1. The van der Waals surface area contributed by atoms with Crippen LogP contribution in [0, 0.1) is 0 Å². The Hall–Kier alpha value is -5.07. The molecule has 5 aromatic rings. The fourth-order valence-corrected chi connectivity index (χ4v) is 6.90. The summed E-state index contributed by atoms with van der Waals surface area (Å²) in [5.41, 5.74) is 8.02. The molecule has 3 aliphatic rings. The number of para-hydroxylation sites is 1. The lowest BCUT2D eigenvalue weighted by Crippen LogP contribution is -2.48. The molecule has 0 aliphatic carbocycles. The second-order valence-corrected chi connectivity index (χ2v) is 13.7. The van der Waals surface area contributed by atoms with Crippen LogP contribution in [0.15, 0.2) is 73.1 Å². The highest BCUT2D eigenvalue weighted by atomic mass is 16.7. The molecular formula is C36H35BN6O5. The molecule has 11 nitrogen and oxygen atoms in total. The molecule has 0 bridgehead atoms. The maximum absolute atomic E-state index is 13.7. The van der Waals surface area contributed by atoms with E-state index >= 15 is 0 Å². The first-order valence-electron chi connectivity index (χ1n) is 16.2. The van der Waals surface area contributed by atoms with Crippen molar-refractivity contribution in [2.24, 2.45) is 0 Å². The highest BCUT2D eigenvalue weighted by Gasteiger charge is 2.51. The molecule has 12 heteroatoms. The quantitative estimate of drug-likeness (QED) is 0.222. The summed E-state index contributed by atoms with van der Waals surface area (Å²) in [6.07, 6.45) is 3.96. The molecule has 48 heavy (non-hydrogen) atoms. The molecule has 0 spiro atoms. The number of carbonyl (C=O) groups excluding carboxylic acids is 1. The van der Waals surface area contributed by atoms with Gasteiger partial charge in [0.05, 0.1) is 57.7 Å². The molecule has 1 saturated heterocycles. The average Bonchev–Trinajstić information content (AvgIpc) is 3.73. The number of hydrogen-bond acceptors (Lipinski definition) is 7. The van der Waals surface area contributed by atoms with Crippen molar-refractivity contribution in [3.8, 4) is 22.5 Å². The van der Waals surface area contributed by atoms with Crippen molar-refractivity contribution in [2.75, 3.05) is 4.90 Å². The Labute approximate surface area is 277 Å². The van der Waals surface area contributed by atoms with Gasteiger partial charge in [0.1, 0.15) is 11.9 Å². The lowest BCUT2D eigenvalue weighted by molar-refractivity contribution is -0.120. The highest BCUT2D eigenvalue weighted by molar-refractivity contribution is 6.62. The van der Waals surface area contributed by atoms with Gasteiger partial charge in [-0.15, -0.1) is 0 Å². The van der Waals surface area contributed by atoms with Gasteiger partial charge >= 0.3 is 13.2 Å². The van der Waals surface area contributed by atoms with Gasteiger partial charge in [0, 0.05) is 12.0 Å². The number of aryl methyl sites for hydroxylation is 1. The predicted octanol–water partition coefficient (Wildman–Crippen LogP) is 5.20. The molecule has 3 aliphatic heterocycles. The van der Waals surface area contributed by atoms with Crippen LogP contribution in [0.2, 0.25) is 0 Å². The zero-order valence-corrected chi connectivity index (χ0v) is 27.2. The van der Waals surface area contributed by atoms with E-state index in [0.29, 0.717) is 25.1 Å². The minimum absolute atomic E-state index is 0.255. The number of fused-ring (bicyclic) bond motifs is 1. The topological polar surface area (TPSA) is 143 Å². The first kappa shape index (κ1) is 30.3. The van der Waals surface area contributed by atoms with Gasteiger partial charge in [0.25, 0.3) is 0 Å². The van der Waals surface area contributed by atoms with E-state index in [1.165, 1.54) is 0 Å². The summed E-state index contributed by atoms with van der Waals surface area (Å²) >= 11 is 0. The summed E-state index contributed by atoms with van der Waals surface area (Å²) < 4.78 is 12.4. The van der Waals surface area contributed by atoms with Gasteiger partial charge in [0.15, 0.2) is 0 Å². The minimum Gasteiger partial charge on any atom is -0.465 e. The van der Waals surface area contributed by atoms with Gasteiger partial charge in [-0.2, -0.15) is 0 Å². The van der Waals surface area contributed by atoms with Gasteiger partial charge in [-0.1, -0.05) is 48.5 Å². The van der Waals surface area contributed by atoms with Crippen LogP contribution < -0.4 is 15.7 Å². The van der Waals surface area contributed by atoms with E-state index in [1.807, 2.05) is 88.4 Å². The molecule has 0 saturated carbocycles. The number of H-pyrrole nitrogens is 1. The Bertz CT molecular complexity index is 2080. The molecular weight excluding hydrogens is 607 g/mol. The van der Waals surface area contributed by atoms with Gasteiger partial charge < -0.3 is 24.7 Å². The third-order valence-electron chi connectivity index (χ3n) is 10.2. The molecule has 8 rings (SSSR count). The Morgan fingerprint density at radius 1 is 0.958 bits per heavy atom. The average molecular weight is 643 g/mol. The maximum atomic E-state index is 13.7. The van der Waals surface area contributed by atoms with E-state index < -0.39 is 30.5 Å². The monoisotopic (exact) mass is 642 g/mol. The van der Waals surface area contributed by atoms with Crippen LogP contribution in [0.1, 0.15) is 57.1 Å². The van der Waals surface area contributed by atoms with Crippen molar-refractivity contribution in [3.63, 3.8) is 0 Å². The fraction of sp³-hybridized carbons (Fsp3) is 0.306. The Kier molecular flexibility index (Phi) is 6.94. The van der Waals surface area contributed by atoms with E-state index in [4.69, 9.17) is 24.3 Å². The van der Waals surface area contributed by atoms with E-state index in [2.05, 4.69) is 10.3 Å². The summed E-state index contributed by atoms with van der Waals surface area (Å²) in [4.78, 5) is 44.6. The van der Waals surface area contributed by atoms with Crippen LogP contribution in [0.25, 0.3) is 33.5 Å². The SMILES string of the molecule is CC1(C)OB(c2ccc3nc(-c4ccc(-c5cnc([C@@H]6Cc7cccc8c7N6C(=O)[C@@H](NC(=O)O)CC8)[nH]5)cc4)cnc3c2)OC1(C)C. The van der Waals surface area contributed by atoms with Crippen LogP contribution in [0.3, 0.4) is 0 Å². The van der Waals surface area contributed by atoms with Crippen molar-refractivity contribution >= 4 is 41.3 Å². The summed E-state index contributed by atoms with van der Waals surface area (Å²) in [6.45, 7) is 8.15. The van der Waals surface area contributed by atoms with Gasteiger partial charge in [0.2, 0.25) is 5.91 Å². The smallest absolute Gasteiger partial charge is 0.465 e. The summed E-state index contributed by atoms with van der Waals surface area (Å²) in [6, 6.07) is 18.8. The fourth-order valence-electron chi connectivity index (χ4n) is 6.90. The number of nitrogens with zero attached hydrogens (tertiary/aromatic N) is 4. The minimum atomic E-state index is -1.21. The summed E-state index contributed by atoms with van der Waals surface area (Å²) in [5, 5.41) is 11.8. The van der Waals surface area contributed by atoms with Crippen molar-refractivity contribution < 1.29 is 24.0 Å². The van der Waals surface area contributed by atoms with Crippen LogP contribution in [0.4, 0.5) is 10.5 Å². The van der Waals surface area contributed by atoms with Gasteiger partial charge in [-0.3, -0.25) is 14.7 Å². The second-order valence-electron chi connectivity index (χ2n) is 13.7. The molecule has 2 aromatic heterocycles. The summed E-state index contributed by atoms with van der Waals surface area (Å²) in [7, 11) is -0.464. The molecule has 242 valence electrons. The third kappa shape index (κ3) is 5.03. The van der Waals surface area contributed by atoms with Crippen molar-refractivity contribution in [1.29, 1.82) is 0 Å². The number of carbonyl (C=O) groups is 2. The molecule has 0 radical (unpaired) electrons. The zero-order chi connectivity index (χ0) is 33.4. The number of rotatable bonds is 5. The van der Waals surface area contributed by atoms with Crippen LogP contribution in [-0.4, -0.2) is 61.4 Å². The van der Waals surface area contributed by atoms with E-state index in [0.717, 1.165) is 55.8 Å². The van der Waals surface area contributed by atoms with Gasteiger partial charge in [-0.25, -0.2) is 14.8 Å². The number of nitrogens with one attached hydrogen (secondary N) is 2. The molecule has 5 heterocycles. The molecule has 3 N–H and O–H groups in total. The molecule has 2 atom stereocenters. The standard InChI is InChI=1S/C36H35BN6O5/c1-35(2)36(3,4)48-37(47-35)24-13-15-25-27(17-24)38-18-28(40-25)20-8-10-21(11-9-20)29-19-39-32(41-29)30-16-23-7-5-6-22-12-14-26(42-34(45)46)33(44)43(30)31(22)23/h5-11,13,15,17-19,26,30,42H,12,14,16H2,1-4H3,(H,39,41)(H,45,46)/t26-,30-/m0/s1. The maximum Gasteiger partial charge on any atom is 0.494 e. The number of benzene rings is 3. The van der Waals surface area contributed by atoms with E-state index in [1.54, 1.807) is 17.3 Å². The van der Waals surface area contributed by atoms with E-state index in [9.17, 15) is 14.7 Å². The Balaban J connectivity index is 1.02. The van der Waals surface area contributed by atoms with Crippen LogP contribution in [0.5, 0.6) is 0 Å². The molecule has 1 fully saturated rings. The van der Waals surface area contributed by atoms with E-state index in [-0.39, 0.29) is 11.9 Å². The summed E-state index contributed by atoms with van der Waals surface area (Å²) in [5.74, 6) is 0.398. The number of amides is 2. The zero-order valence-electron chi connectivity index (χ0n) is 27.2. The first-order valence-corrected chi connectivity index (χ1v) is 16.2. The second kappa shape index (κ2) is 11.0. The number of aromatic nitrogens is 4. The molecule has 2 amide bonds. The van der Waals surface area contributed by atoms with Crippen LogP contribution in [-0.2, 0) is 26.9 Å². The third-order valence-corrected chi connectivity index (χ3v) is 10.2. The lowest BCUT2D eigenvalue weighted by atomic mass is 9.79. The van der Waals surface area contributed by atoms with Crippen molar-refractivity contribution in [2.45, 2.75) is 70.2 Å². The highest BCUT2D eigenvalue weighted by Crippen LogP contribution is 2.44. The lowest BCUT2D eigenvalue weighted by Gasteiger charge is -2.32. The molecule has 0 unspecified atom stereocenters. The first-order chi connectivity index (χ1) is 23.0. The predicted molar refractivity (Wildman–Crippen MR) is 182 cm³/mol. The van der Waals surface area contributed by atoms with Crippen molar-refractivity contribution in [1.82, 2.24) is 25.3 Å². The number of anilines is 1. The van der Waals surface area contributed by atoms with Crippen LogP contribution >= 0.6 is 0 Å². The molecule has 3 aromatic carbocycles. The van der Waals surface area contributed by atoms with Crippen molar-refractivity contribution in [3.05, 3.63) is 90.0 Å².